The molecular formula is C50H67N11O10. The molecule has 9 atom stereocenters. The molecule has 2 aliphatic heterocycles. The molecule has 3 aromatic rings. The monoisotopic (exact) mass is 982 g/mol. The third-order valence-electron chi connectivity index (χ3n) is 12.4. The summed E-state index contributed by atoms with van der Waals surface area (Å²) < 4.78 is 0. The number of hydrogen-bond acceptors (Lipinski definition) is 11. The van der Waals surface area contributed by atoms with Gasteiger partial charge in [-0.3, -0.25) is 39.0 Å². The van der Waals surface area contributed by atoms with Crippen LogP contribution in [0.15, 0.2) is 91.0 Å². The van der Waals surface area contributed by atoms with E-state index in [1.807, 2.05) is 0 Å². The summed E-state index contributed by atoms with van der Waals surface area (Å²) in [6.45, 7) is 3.67. The Balaban J connectivity index is 1.32. The molecule has 0 unspecified atom stereocenters. The number of likely N-dealkylation sites (tertiary alicyclic amines) is 1. The van der Waals surface area contributed by atoms with Gasteiger partial charge in [-0.25, -0.2) is 4.79 Å². The number of nitrogens with two attached hydrogens (primary N) is 1. The van der Waals surface area contributed by atoms with E-state index < -0.39 is 95.9 Å². The second-order valence-electron chi connectivity index (χ2n) is 17.9. The van der Waals surface area contributed by atoms with Gasteiger partial charge in [0.15, 0.2) is 5.96 Å². The van der Waals surface area contributed by atoms with Crippen molar-refractivity contribution in [3.63, 3.8) is 0 Å². The number of amides is 7. The largest absolute Gasteiger partial charge is 0.480 e. The fourth-order valence-corrected chi connectivity index (χ4v) is 8.50. The van der Waals surface area contributed by atoms with Crippen molar-refractivity contribution in [3.05, 3.63) is 108 Å². The molecule has 3 aromatic carbocycles. The topological polar surface area (TPSA) is 326 Å². The predicted octanol–water partition coefficient (Wildman–Crippen LogP) is -0.885. The average molecular weight is 982 g/mol. The maximum absolute atomic E-state index is 14.5. The van der Waals surface area contributed by atoms with Crippen LogP contribution < -0.4 is 48.3 Å². The molecule has 0 spiro atoms. The number of benzene rings is 3. The molecule has 21 nitrogen and oxygen atoms in total. The van der Waals surface area contributed by atoms with Crippen molar-refractivity contribution >= 4 is 53.3 Å². The highest BCUT2D eigenvalue weighted by atomic mass is 16.4. The van der Waals surface area contributed by atoms with Crippen LogP contribution in [-0.4, -0.2) is 142 Å². The zero-order valence-corrected chi connectivity index (χ0v) is 40.0. The van der Waals surface area contributed by atoms with Crippen LogP contribution in [0.1, 0.15) is 69.1 Å². The third kappa shape index (κ3) is 16.9. The van der Waals surface area contributed by atoms with Gasteiger partial charge in [0, 0.05) is 32.4 Å². The lowest BCUT2D eigenvalue weighted by atomic mass is 10.0. The molecule has 0 radical (unpaired) electrons. The van der Waals surface area contributed by atoms with Crippen molar-refractivity contribution in [2.24, 2.45) is 5.73 Å². The van der Waals surface area contributed by atoms with Crippen LogP contribution in [0.25, 0.3) is 0 Å². The van der Waals surface area contributed by atoms with Crippen molar-refractivity contribution in [2.75, 3.05) is 19.6 Å². The molecule has 382 valence electrons. The van der Waals surface area contributed by atoms with E-state index in [1.165, 1.54) is 18.7 Å². The summed E-state index contributed by atoms with van der Waals surface area (Å²) >= 11 is 0. The highest BCUT2D eigenvalue weighted by molar-refractivity contribution is 5.98. The highest BCUT2D eigenvalue weighted by Gasteiger charge is 2.39. The maximum atomic E-state index is 14.5. The Morgan fingerprint density at radius 3 is 1.66 bits per heavy atom. The van der Waals surface area contributed by atoms with E-state index in [0.717, 1.165) is 6.42 Å². The van der Waals surface area contributed by atoms with E-state index in [1.54, 1.807) is 91.0 Å². The van der Waals surface area contributed by atoms with Crippen molar-refractivity contribution in [1.29, 1.82) is 5.41 Å². The lowest BCUT2D eigenvalue weighted by Crippen LogP contribution is -2.62. The minimum Gasteiger partial charge on any atom is -0.480 e. The molecule has 0 aromatic heterocycles. The summed E-state index contributed by atoms with van der Waals surface area (Å²) in [5.74, 6) is -6.48. The predicted molar refractivity (Wildman–Crippen MR) is 262 cm³/mol. The van der Waals surface area contributed by atoms with Crippen molar-refractivity contribution in [3.8, 4) is 0 Å². The maximum Gasteiger partial charge on any atom is 0.326 e. The van der Waals surface area contributed by atoms with Crippen LogP contribution in [-0.2, 0) is 57.6 Å². The van der Waals surface area contributed by atoms with Gasteiger partial charge in [-0.1, -0.05) is 91.0 Å². The Morgan fingerprint density at radius 2 is 1.17 bits per heavy atom. The number of hydrogen-bond donors (Lipinski definition) is 12. The van der Waals surface area contributed by atoms with Crippen LogP contribution in [0, 0.1) is 5.41 Å². The summed E-state index contributed by atoms with van der Waals surface area (Å²) in [7, 11) is 0. The normalized spacial score (nSPS) is 18.2. The summed E-state index contributed by atoms with van der Waals surface area (Å²) in [5, 5.41) is 50.0. The van der Waals surface area contributed by atoms with E-state index in [0.29, 0.717) is 42.5 Å². The Labute approximate surface area is 412 Å². The Kier molecular flexibility index (Phi) is 20.8. The zero-order chi connectivity index (χ0) is 51.5. The number of guanidine groups is 1. The Hall–Kier alpha value is -7.39. The molecule has 2 aliphatic rings. The van der Waals surface area contributed by atoms with Gasteiger partial charge in [0.2, 0.25) is 41.4 Å². The second kappa shape index (κ2) is 27.1. The Bertz CT molecular complexity index is 2300. The molecule has 7 amide bonds. The van der Waals surface area contributed by atoms with Gasteiger partial charge in [-0.05, 0) is 75.6 Å². The van der Waals surface area contributed by atoms with Gasteiger partial charge < -0.3 is 63.4 Å². The first-order valence-electron chi connectivity index (χ1n) is 24.0. The first kappa shape index (κ1) is 54.5. The minimum atomic E-state index is -1.66. The van der Waals surface area contributed by atoms with E-state index >= 15 is 0 Å². The first-order valence-corrected chi connectivity index (χ1v) is 24.0. The number of aliphatic hydroxyl groups is 1. The average Bonchev–Trinajstić information content (AvgIpc) is 4.08. The fourth-order valence-electron chi connectivity index (χ4n) is 8.50. The van der Waals surface area contributed by atoms with E-state index in [2.05, 4.69) is 42.5 Å². The molecule has 0 aliphatic carbocycles. The molecule has 71 heavy (non-hydrogen) atoms. The number of carbonyl (C=O) groups excluding carboxylic acids is 7. The molecule has 2 saturated heterocycles. The van der Waals surface area contributed by atoms with Crippen molar-refractivity contribution < 1.29 is 48.6 Å². The quantitative estimate of drug-likeness (QED) is 0.0279. The number of rotatable bonds is 25. The van der Waals surface area contributed by atoms with Crippen LogP contribution in [0.3, 0.4) is 0 Å². The number of aliphatic hydroxyl groups excluding tert-OH is 1. The van der Waals surface area contributed by atoms with Gasteiger partial charge in [0.1, 0.15) is 42.3 Å². The van der Waals surface area contributed by atoms with Gasteiger partial charge in [0.05, 0.1) is 12.1 Å². The van der Waals surface area contributed by atoms with Crippen LogP contribution in [0.2, 0.25) is 0 Å². The third-order valence-corrected chi connectivity index (χ3v) is 12.4. The van der Waals surface area contributed by atoms with Crippen LogP contribution in [0.4, 0.5) is 0 Å². The van der Waals surface area contributed by atoms with E-state index in [-0.39, 0.29) is 57.1 Å². The smallest absolute Gasteiger partial charge is 0.326 e. The molecule has 13 N–H and O–H groups in total. The molecule has 5 rings (SSSR count). The summed E-state index contributed by atoms with van der Waals surface area (Å²) in [5.41, 5.74) is 7.41. The molecule has 2 heterocycles. The Morgan fingerprint density at radius 1 is 0.662 bits per heavy atom. The van der Waals surface area contributed by atoms with Gasteiger partial charge in [-0.15, -0.1) is 0 Å². The lowest BCUT2D eigenvalue weighted by Gasteiger charge is -2.29. The lowest BCUT2D eigenvalue weighted by molar-refractivity contribution is -0.149. The molecule has 0 saturated carbocycles. The van der Waals surface area contributed by atoms with Gasteiger partial charge in [-0.2, -0.15) is 0 Å². The van der Waals surface area contributed by atoms with E-state index in [4.69, 9.17) is 11.1 Å². The van der Waals surface area contributed by atoms with E-state index in [9.17, 15) is 48.6 Å². The molecule has 21 heteroatoms. The second-order valence-corrected chi connectivity index (χ2v) is 17.9. The number of nitrogens with zero attached hydrogens (tertiary/aromatic N) is 1. The van der Waals surface area contributed by atoms with Crippen LogP contribution in [0.5, 0.6) is 0 Å². The van der Waals surface area contributed by atoms with Crippen molar-refractivity contribution in [2.45, 2.75) is 126 Å². The van der Waals surface area contributed by atoms with Gasteiger partial charge in [0.25, 0.3) is 0 Å². The molecule has 0 bridgehead atoms. The van der Waals surface area contributed by atoms with Crippen LogP contribution >= 0.6 is 0 Å². The summed E-state index contributed by atoms with van der Waals surface area (Å²) in [6, 6.07) is 16.8. The number of carboxylic acid groups (broad SMARTS) is 1. The standard InChI is InChI=1S/C50H67N11O10/c1-30(42(63)59-39(29-34-19-10-5-11-20-34)48(69)61-26-14-23-40(61)49(70)71)55-47(68)41(31(2)62)60-46(67)38(28-33-17-8-4-9-18-33)58-45(66)37(27-32-15-6-3-7-16-32)57-44(65)36(22-13-25-54-50(51)52)56-43(64)35-21-12-24-53-35/h3-11,15-20,30-31,35-41,53,62H,12-14,21-29H2,1-2H3,(H,55,68)(H,56,64)(H,57,65)(H,58,66)(H,59,63)(H,60,67)(H,70,71)(H4,51,52,54)/t30-,31+,35-,36-,37-,38-,39-,40+,41-/m0/s1. The number of carboxylic acids is 1. The SMILES string of the molecule is C[C@H](NC(=O)[C@@H](NC(=O)[C@H](Cc1ccccc1)NC(=O)[C@H](Cc1ccccc1)NC(=O)[C@H](CCCNC(=N)N)NC(=O)[C@@H]1CCCN1)[C@@H](C)O)C(=O)N[C@@H](Cc1ccccc1)C(=O)N1CCC[C@@H]1C(=O)O. The summed E-state index contributed by atoms with van der Waals surface area (Å²) in [4.78, 5) is 111. The first-order chi connectivity index (χ1) is 34.0. The number of nitrogens with one attached hydrogen (secondary N) is 9. The molecular weight excluding hydrogens is 915 g/mol. The number of carbonyl (C=O) groups is 8. The highest BCUT2D eigenvalue weighted by Crippen LogP contribution is 2.20. The molecule has 2 fully saturated rings. The fraction of sp³-hybridized carbons (Fsp3) is 0.460. The zero-order valence-electron chi connectivity index (χ0n) is 40.0. The summed E-state index contributed by atoms with van der Waals surface area (Å²) in [6.07, 6.45) is 0.932. The minimum absolute atomic E-state index is 0.0243. The van der Waals surface area contributed by atoms with Crippen molar-refractivity contribution in [1.82, 2.24) is 47.4 Å². The van der Waals surface area contributed by atoms with Gasteiger partial charge >= 0.3 is 5.97 Å². The number of aliphatic carboxylic acids is 1.